The average molecular weight is 382 g/mol. The van der Waals surface area contributed by atoms with Gasteiger partial charge in [0.2, 0.25) is 0 Å². The van der Waals surface area contributed by atoms with Crippen molar-refractivity contribution in [2.45, 2.75) is 38.8 Å². The zero-order valence-corrected chi connectivity index (χ0v) is 16.8. The lowest BCUT2D eigenvalue weighted by Crippen LogP contribution is -2.59. The molecule has 0 bridgehead atoms. The molecule has 1 aliphatic rings. The van der Waals surface area contributed by atoms with E-state index in [9.17, 15) is 4.79 Å². The average Bonchev–Trinajstić information content (AvgIpc) is 3.03. The second-order valence-corrected chi connectivity index (χ2v) is 8.38. The number of hydrogen-bond acceptors (Lipinski definition) is 7. The van der Waals surface area contributed by atoms with Crippen molar-refractivity contribution in [1.82, 2.24) is 34.3 Å². The highest BCUT2D eigenvalue weighted by Crippen LogP contribution is 2.24. The third kappa shape index (κ3) is 3.49. The molecule has 0 saturated carbocycles. The van der Waals surface area contributed by atoms with Crippen LogP contribution in [0.5, 0.6) is 0 Å². The molecular weight excluding hydrogens is 356 g/mol. The maximum Gasteiger partial charge on any atom is 0.269 e. The van der Waals surface area contributed by atoms with Crippen molar-refractivity contribution in [2.24, 2.45) is 0 Å². The second-order valence-electron chi connectivity index (χ2n) is 8.38. The maximum absolute atomic E-state index is 11.8. The van der Waals surface area contributed by atoms with Crippen LogP contribution >= 0.6 is 0 Å². The fourth-order valence-electron chi connectivity index (χ4n) is 3.34. The van der Waals surface area contributed by atoms with Gasteiger partial charge in [0.05, 0.1) is 6.20 Å². The Balaban J connectivity index is 1.39. The third-order valence-electron chi connectivity index (χ3n) is 5.22. The zero-order valence-electron chi connectivity index (χ0n) is 16.8. The fourth-order valence-corrected chi connectivity index (χ4v) is 3.34. The molecule has 0 aliphatic carbocycles. The molecule has 1 fully saturated rings. The molecule has 0 N–H and O–H groups in total. The van der Waals surface area contributed by atoms with Crippen molar-refractivity contribution in [3.63, 3.8) is 0 Å². The lowest BCUT2D eigenvalue weighted by Gasteiger charge is -2.44. The molecular formula is C19H26N8O. The SMILES string of the molecule is CN(CCn1ccncc1=O)C1CN(c2ccc3nnc(C(C)(C)C)n3n2)C1. The van der Waals surface area contributed by atoms with E-state index in [-0.39, 0.29) is 11.0 Å². The number of nitrogens with zero attached hydrogens (tertiary/aromatic N) is 8. The summed E-state index contributed by atoms with van der Waals surface area (Å²) in [4.78, 5) is 20.2. The molecule has 0 unspecified atom stereocenters. The van der Waals surface area contributed by atoms with E-state index in [1.54, 1.807) is 17.0 Å². The first-order valence-electron chi connectivity index (χ1n) is 9.51. The molecule has 9 nitrogen and oxygen atoms in total. The van der Waals surface area contributed by atoms with Crippen molar-refractivity contribution in [1.29, 1.82) is 0 Å². The second kappa shape index (κ2) is 6.97. The summed E-state index contributed by atoms with van der Waals surface area (Å²) in [5.74, 6) is 1.80. The minimum atomic E-state index is -0.117. The van der Waals surface area contributed by atoms with Gasteiger partial charge in [0.25, 0.3) is 5.56 Å². The highest BCUT2D eigenvalue weighted by Gasteiger charge is 2.31. The third-order valence-corrected chi connectivity index (χ3v) is 5.22. The molecule has 0 aromatic carbocycles. The Bertz CT molecular complexity index is 1030. The van der Waals surface area contributed by atoms with Gasteiger partial charge in [-0.15, -0.1) is 15.3 Å². The molecule has 9 heteroatoms. The summed E-state index contributed by atoms with van der Waals surface area (Å²) in [5, 5.41) is 13.3. The van der Waals surface area contributed by atoms with Crippen LogP contribution in [0.1, 0.15) is 26.6 Å². The van der Waals surface area contributed by atoms with Crippen LogP contribution in [-0.4, -0.2) is 67.0 Å². The van der Waals surface area contributed by atoms with Crippen LogP contribution in [0.25, 0.3) is 5.65 Å². The van der Waals surface area contributed by atoms with Crippen LogP contribution < -0.4 is 10.5 Å². The predicted octanol–water partition coefficient (Wildman–Crippen LogP) is 0.799. The molecule has 28 heavy (non-hydrogen) atoms. The largest absolute Gasteiger partial charge is 0.352 e. The maximum atomic E-state index is 11.8. The van der Waals surface area contributed by atoms with Gasteiger partial charge in [-0.1, -0.05) is 20.8 Å². The minimum Gasteiger partial charge on any atom is -0.352 e. The Hall–Kier alpha value is -2.81. The van der Waals surface area contributed by atoms with E-state index in [1.807, 2.05) is 16.6 Å². The van der Waals surface area contributed by atoms with Gasteiger partial charge in [0.15, 0.2) is 11.5 Å². The van der Waals surface area contributed by atoms with E-state index in [0.717, 1.165) is 36.9 Å². The lowest BCUT2D eigenvalue weighted by atomic mass is 9.96. The summed E-state index contributed by atoms with van der Waals surface area (Å²) >= 11 is 0. The Labute approximate surface area is 163 Å². The molecule has 1 saturated heterocycles. The molecule has 148 valence electrons. The first kappa shape index (κ1) is 18.5. The van der Waals surface area contributed by atoms with E-state index in [1.165, 1.54) is 6.20 Å². The van der Waals surface area contributed by atoms with Gasteiger partial charge < -0.3 is 9.47 Å². The van der Waals surface area contributed by atoms with Crippen LogP contribution in [0.2, 0.25) is 0 Å². The minimum absolute atomic E-state index is 0.0627. The van der Waals surface area contributed by atoms with Crippen LogP contribution in [-0.2, 0) is 12.0 Å². The van der Waals surface area contributed by atoms with Gasteiger partial charge in [0, 0.05) is 50.0 Å². The van der Waals surface area contributed by atoms with Crippen molar-refractivity contribution >= 4 is 11.5 Å². The number of hydrogen-bond donors (Lipinski definition) is 0. The molecule has 4 heterocycles. The summed E-state index contributed by atoms with van der Waals surface area (Å²) in [5.41, 5.74) is 0.589. The van der Waals surface area contributed by atoms with Gasteiger partial charge >= 0.3 is 0 Å². The van der Waals surface area contributed by atoms with Crippen LogP contribution in [0.4, 0.5) is 5.82 Å². The van der Waals surface area contributed by atoms with Crippen molar-refractivity contribution in [2.75, 3.05) is 31.6 Å². The molecule has 0 spiro atoms. The van der Waals surface area contributed by atoms with E-state index in [0.29, 0.717) is 12.6 Å². The molecule has 1 aliphatic heterocycles. The number of aromatic nitrogens is 6. The predicted molar refractivity (Wildman–Crippen MR) is 107 cm³/mol. The Morgan fingerprint density at radius 3 is 2.71 bits per heavy atom. The number of anilines is 1. The number of fused-ring (bicyclic) bond motifs is 1. The highest BCUT2D eigenvalue weighted by molar-refractivity contribution is 5.48. The molecule has 0 amide bonds. The monoisotopic (exact) mass is 382 g/mol. The summed E-state index contributed by atoms with van der Waals surface area (Å²) in [7, 11) is 2.10. The van der Waals surface area contributed by atoms with E-state index in [4.69, 9.17) is 5.10 Å². The van der Waals surface area contributed by atoms with Gasteiger partial charge in [-0.05, 0) is 19.2 Å². The Morgan fingerprint density at radius 1 is 1.21 bits per heavy atom. The van der Waals surface area contributed by atoms with E-state index >= 15 is 0 Å². The van der Waals surface area contributed by atoms with E-state index in [2.05, 4.69) is 52.8 Å². The fraction of sp³-hybridized carbons (Fsp3) is 0.526. The molecule has 3 aromatic rings. The van der Waals surface area contributed by atoms with Crippen LogP contribution in [0.3, 0.4) is 0 Å². The first-order valence-corrected chi connectivity index (χ1v) is 9.51. The van der Waals surface area contributed by atoms with Gasteiger partial charge in [-0.3, -0.25) is 14.7 Å². The van der Waals surface area contributed by atoms with Gasteiger partial charge in [0.1, 0.15) is 5.82 Å². The quantitative estimate of drug-likeness (QED) is 0.645. The van der Waals surface area contributed by atoms with Gasteiger partial charge in [-0.25, -0.2) is 0 Å². The van der Waals surface area contributed by atoms with Crippen LogP contribution in [0, 0.1) is 0 Å². The lowest BCUT2D eigenvalue weighted by molar-refractivity contribution is 0.196. The van der Waals surface area contributed by atoms with Crippen LogP contribution in [0.15, 0.2) is 35.5 Å². The van der Waals surface area contributed by atoms with Crippen molar-refractivity contribution in [3.05, 3.63) is 46.9 Å². The number of rotatable bonds is 5. The zero-order chi connectivity index (χ0) is 19.9. The smallest absolute Gasteiger partial charge is 0.269 e. The summed E-state index contributed by atoms with van der Waals surface area (Å²) in [6, 6.07) is 4.42. The Kier molecular flexibility index (Phi) is 4.62. The molecule has 4 rings (SSSR count). The standard InChI is InChI=1S/C19H26N8O/c1-19(2,3)18-22-21-15-5-6-16(23-27(15)18)26-12-14(13-26)24(4)9-10-25-8-7-20-11-17(25)28/h5-8,11,14H,9-10,12-13H2,1-4H3. The van der Waals surface area contributed by atoms with Crippen molar-refractivity contribution in [3.8, 4) is 0 Å². The van der Waals surface area contributed by atoms with Crippen molar-refractivity contribution < 1.29 is 0 Å². The molecule has 3 aromatic heterocycles. The Morgan fingerprint density at radius 2 is 2.00 bits per heavy atom. The normalized spacial score (nSPS) is 15.4. The van der Waals surface area contributed by atoms with E-state index < -0.39 is 0 Å². The first-order chi connectivity index (χ1) is 13.3. The van der Waals surface area contributed by atoms with Gasteiger partial charge in [-0.2, -0.15) is 4.52 Å². The molecule has 0 atom stereocenters. The summed E-state index contributed by atoms with van der Waals surface area (Å²) in [6.45, 7) is 9.63. The molecule has 0 radical (unpaired) electrons. The summed E-state index contributed by atoms with van der Waals surface area (Å²) in [6.07, 6.45) is 4.73. The topological polar surface area (TPSA) is 84.5 Å². The highest BCUT2D eigenvalue weighted by atomic mass is 16.1. The number of likely N-dealkylation sites (N-methyl/N-ethyl adjacent to an activating group) is 1. The summed E-state index contributed by atoms with van der Waals surface area (Å²) < 4.78 is 3.54.